The number of nitrogen functional groups attached to an aromatic ring is 2. The van der Waals surface area contributed by atoms with Crippen molar-refractivity contribution in [1.82, 2.24) is 8.80 Å². The molecule has 0 aliphatic carbocycles. The maximum absolute atomic E-state index is 13.6. The number of aromatic carboxylic acids is 2. The number of nitrogens with one attached hydrogen (secondary N) is 2. The van der Waals surface area contributed by atoms with Gasteiger partial charge in [0.05, 0.1) is 97.8 Å². The number of aromatic nitrogens is 2. The van der Waals surface area contributed by atoms with E-state index in [2.05, 4.69) is 10.6 Å². The Kier molecular flexibility index (Phi) is 14.2. The summed E-state index contributed by atoms with van der Waals surface area (Å²) < 4.78 is 26.3. The molecule has 0 bridgehead atoms. The standard InChI is InChI=1S/C44H48N6O10/c1-27-37(35-7-3-5-15-49(35)39(27)41(51)29-9-11-33(45)31(25-29)43(53)54)47-13-17-57-19-21-59-23-24-60-22-20-58-18-14-48-38-28(2)40(50-16-6-4-8-36(38)50)42(52)30-10-12-34(46)32(26-30)44(55)56/h3-12,15-16,25-26,47-48H,13-14,17-24,45-46H2,1-2H3,(H,53,54)(H,55,56). The summed E-state index contributed by atoms with van der Waals surface area (Å²) in [5.41, 5.74) is 17.5. The van der Waals surface area contributed by atoms with Gasteiger partial charge < -0.3 is 60.1 Å². The molecule has 0 atom stereocenters. The number of hydrogen-bond donors (Lipinski definition) is 6. The van der Waals surface area contributed by atoms with Gasteiger partial charge in [0, 0.05) is 59.1 Å². The van der Waals surface area contributed by atoms with E-state index >= 15 is 0 Å². The lowest BCUT2D eigenvalue weighted by molar-refractivity contribution is 0.000301. The lowest BCUT2D eigenvalue weighted by Gasteiger charge is -2.10. The van der Waals surface area contributed by atoms with E-state index in [1.54, 1.807) is 21.2 Å². The Hall–Kier alpha value is -6.72. The summed E-state index contributed by atoms with van der Waals surface area (Å²) >= 11 is 0. The average molecular weight is 821 g/mol. The second-order valence-corrected chi connectivity index (χ2v) is 13.8. The molecule has 0 spiro atoms. The molecule has 314 valence electrons. The molecule has 60 heavy (non-hydrogen) atoms. The first kappa shape index (κ1) is 42.9. The smallest absolute Gasteiger partial charge is 0.337 e. The number of ketones is 2. The number of fused-ring (bicyclic) bond motifs is 2. The Morgan fingerprint density at radius 2 is 0.917 bits per heavy atom. The number of carbonyl (C=O) groups is 4. The molecule has 6 rings (SSSR count). The highest BCUT2D eigenvalue weighted by molar-refractivity contribution is 6.13. The van der Waals surface area contributed by atoms with Gasteiger partial charge in [0.2, 0.25) is 11.6 Å². The van der Waals surface area contributed by atoms with Crippen LogP contribution < -0.4 is 22.1 Å². The number of hydrogen-bond acceptors (Lipinski definition) is 12. The molecular formula is C44H48N6O10. The molecule has 4 aromatic heterocycles. The number of nitrogens with zero attached hydrogens (tertiary/aromatic N) is 2. The summed E-state index contributed by atoms with van der Waals surface area (Å²) in [6.07, 6.45) is 3.59. The van der Waals surface area contributed by atoms with Crippen molar-refractivity contribution < 1.29 is 48.3 Å². The predicted molar refractivity (Wildman–Crippen MR) is 227 cm³/mol. The zero-order valence-corrected chi connectivity index (χ0v) is 33.4. The van der Waals surface area contributed by atoms with Crippen molar-refractivity contribution in [2.45, 2.75) is 13.8 Å². The molecule has 0 radical (unpaired) electrons. The van der Waals surface area contributed by atoms with Gasteiger partial charge in [-0.2, -0.15) is 0 Å². The summed E-state index contributed by atoms with van der Waals surface area (Å²) in [6.45, 7) is 7.82. The van der Waals surface area contributed by atoms with Crippen LogP contribution in [0.5, 0.6) is 0 Å². The molecular weight excluding hydrogens is 773 g/mol. The summed E-state index contributed by atoms with van der Waals surface area (Å²) in [4.78, 5) is 50.4. The van der Waals surface area contributed by atoms with E-state index < -0.39 is 11.9 Å². The van der Waals surface area contributed by atoms with Gasteiger partial charge in [-0.3, -0.25) is 9.59 Å². The predicted octanol–water partition coefficient (Wildman–Crippen LogP) is 5.42. The molecule has 4 heterocycles. The van der Waals surface area contributed by atoms with Crippen molar-refractivity contribution in [2.24, 2.45) is 0 Å². The second kappa shape index (κ2) is 19.8. The first-order valence-corrected chi connectivity index (χ1v) is 19.3. The molecule has 16 heteroatoms. The van der Waals surface area contributed by atoms with E-state index in [0.717, 1.165) is 33.5 Å². The van der Waals surface area contributed by atoms with Crippen molar-refractivity contribution >= 4 is 57.3 Å². The minimum Gasteiger partial charge on any atom is -0.478 e. The van der Waals surface area contributed by atoms with E-state index in [1.165, 1.54) is 36.4 Å². The molecule has 6 aromatic rings. The first-order chi connectivity index (χ1) is 29.0. The van der Waals surface area contributed by atoms with Crippen LogP contribution in [0.15, 0.2) is 85.2 Å². The van der Waals surface area contributed by atoms with Gasteiger partial charge >= 0.3 is 11.9 Å². The van der Waals surface area contributed by atoms with Gasteiger partial charge in [0.25, 0.3) is 0 Å². The SMILES string of the molecule is Cc1c(NCCOCCOCCOCCOCCNc2c(C)c(C(=O)c3ccc(N)c(C(=O)O)c3)n3ccccc23)c2ccccn2c1C(=O)c1ccc(N)c(C(=O)O)c1. The topological polar surface area (TPSA) is 231 Å². The monoisotopic (exact) mass is 820 g/mol. The fourth-order valence-corrected chi connectivity index (χ4v) is 6.97. The highest BCUT2D eigenvalue weighted by atomic mass is 16.6. The minimum absolute atomic E-state index is 0.0890. The average Bonchev–Trinajstić information content (AvgIpc) is 3.68. The van der Waals surface area contributed by atoms with Gasteiger partial charge in [-0.15, -0.1) is 0 Å². The molecule has 0 saturated carbocycles. The summed E-state index contributed by atoms with van der Waals surface area (Å²) in [5.74, 6) is -3.03. The normalized spacial score (nSPS) is 11.3. The Morgan fingerprint density at radius 3 is 1.28 bits per heavy atom. The fourth-order valence-electron chi connectivity index (χ4n) is 6.97. The molecule has 0 aliphatic heterocycles. The van der Waals surface area contributed by atoms with Crippen molar-refractivity contribution in [2.75, 3.05) is 88.0 Å². The maximum atomic E-state index is 13.6. The Bertz CT molecular complexity index is 2350. The molecule has 0 fully saturated rings. The third-order valence-electron chi connectivity index (χ3n) is 9.91. The lowest BCUT2D eigenvalue weighted by atomic mass is 10.0. The number of nitrogens with two attached hydrogens (primary N) is 2. The third-order valence-corrected chi connectivity index (χ3v) is 9.91. The van der Waals surface area contributed by atoms with Crippen LogP contribution in [0.2, 0.25) is 0 Å². The number of rotatable bonds is 23. The van der Waals surface area contributed by atoms with Crippen molar-refractivity contribution in [3.05, 3.63) is 130 Å². The third kappa shape index (κ3) is 9.59. The van der Waals surface area contributed by atoms with E-state index in [9.17, 15) is 29.4 Å². The summed E-state index contributed by atoms with van der Waals surface area (Å²) in [6, 6.07) is 19.7. The van der Waals surface area contributed by atoms with E-state index in [-0.39, 0.29) is 45.2 Å². The maximum Gasteiger partial charge on any atom is 0.337 e. The highest BCUT2D eigenvalue weighted by Crippen LogP contribution is 2.32. The van der Waals surface area contributed by atoms with Crippen molar-refractivity contribution in [3.63, 3.8) is 0 Å². The van der Waals surface area contributed by atoms with Crippen molar-refractivity contribution in [1.29, 1.82) is 0 Å². The fraction of sp³-hybridized carbons (Fsp3) is 0.273. The minimum atomic E-state index is -1.20. The van der Waals surface area contributed by atoms with Crippen LogP contribution in [0.25, 0.3) is 11.0 Å². The molecule has 0 aliphatic rings. The van der Waals surface area contributed by atoms with Gasteiger partial charge in [0.1, 0.15) is 0 Å². The second-order valence-electron chi connectivity index (χ2n) is 13.8. The number of benzene rings is 2. The van der Waals surface area contributed by atoms with E-state index in [4.69, 9.17) is 30.4 Å². The Morgan fingerprint density at radius 1 is 0.550 bits per heavy atom. The summed E-state index contributed by atoms with van der Waals surface area (Å²) in [5, 5.41) is 25.7. The quantitative estimate of drug-likeness (QED) is 0.0269. The molecule has 0 saturated heterocycles. The summed E-state index contributed by atoms with van der Waals surface area (Å²) in [7, 11) is 0. The van der Waals surface area contributed by atoms with E-state index in [0.29, 0.717) is 77.3 Å². The number of carboxylic acids is 2. The molecule has 16 nitrogen and oxygen atoms in total. The first-order valence-electron chi connectivity index (χ1n) is 19.3. The number of pyridine rings is 2. The number of ether oxygens (including phenoxy) is 4. The van der Waals surface area contributed by atoms with E-state index in [1.807, 2.05) is 50.2 Å². The number of carbonyl (C=O) groups excluding carboxylic acids is 2. The van der Waals surface area contributed by atoms with Crippen LogP contribution in [0, 0.1) is 13.8 Å². The van der Waals surface area contributed by atoms with Crippen molar-refractivity contribution in [3.8, 4) is 0 Å². The van der Waals surface area contributed by atoms with Crippen LogP contribution in [0.1, 0.15) is 63.9 Å². The molecule has 0 unspecified atom stereocenters. The Balaban J connectivity index is 0.855. The van der Waals surface area contributed by atoms with Crippen LogP contribution in [0.3, 0.4) is 0 Å². The largest absolute Gasteiger partial charge is 0.478 e. The number of anilines is 4. The lowest BCUT2D eigenvalue weighted by Crippen LogP contribution is -2.15. The number of carboxylic acid groups (broad SMARTS) is 2. The zero-order valence-electron chi connectivity index (χ0n) is 33.4. The van der Waals surface area contributed by atoms with Crippen LogP contribution in [0.4, 0.5) is 22.7 Å². The Labute approximate surface area is 345 Å². The molecule has 2 aromatic carbocycles. The van der Waals surface area contributed by atoms with Crippen LogP contribution in [-0.2, 0) is 18.9 Å². The molecule has 8 N–H and O–H groups in total. The molecule has 0 amide bonds. The van der Waals surface area contributed by atoms with Gasteiger partial charge in [-0.05, 0) is 74.5 Å². The highest BCUT2D eigenvalue weighted by Gasteiger charge is 2.24. The van der Waals surface area contributed by atoms with Gasteiger partial charge in [0.15, 0.2) is 0 Å². The van der Waals surface area contributed by atoms with Crippen LogP contribution >= 0.6 is 0 Å². The van der Waals surface area contributed by atoms with Crippen LogP contribution in [-0.4, -0.2) is 108 Å². The zero-order chi connectivity index (χ0) is 42.8. The van der Waals surface area contributed by atoms with Gasteiger partial charge in [-0.25, -0.2) is 9.59 Å². The van der Waals surface area contributed by atoms with Gasteiger partial charge in [-0.1, -0.05) is 12.1 Å².